The maximum Gasteiger partial charge on any atom is 0.311 e. The molecule has 0 bridgehead atoms. The number of amides is 2. The van der Waals surface area contributed by atoms with Crippen LogP contribution in [0.5, 0.6) is 11.5 Å². The zero-order chi connectivity index (χ0) is 25.3. The molecule has 0 aromatic heterocycles. The van der Waals surface area contributed by atoms with E-state index in [4.69, 9.17) is 32.7 Å². The number of hydrogen-bond donors (Lipinski definition) is 1. The van der Waals surface area contributed by atoms with Crippen molar-refractivity contribution in [3.63, 3.8) is 0 Å². The van der Waals surface area contributed by atoms with Crippen molar-refractivity contribution in [1.29, 1.82) is 0 Å². The van der Waals surface area contributed by atoms with Crippen molar-refractivity contribution in [2.24, 2.45) is 0 Å². The molecule has 0 fully saturated rings. The molecule has 2 rings (SSSR count). The van der Waals surface area contributed by atoms with Gasteiger partial charge in [0.2, 0.25) is 11.7 Å². The number of nitrogens with zero attached hydrogens (tertiary/aromatic N) is 2. The van der Waals surface area contributed by atoms with Gasteiger partial charge in [0.15, 0.2) is 6.61 Å². The van der Waals surface area contributed by atoms with E-state index in [9.17, 15) is 19.7 Å². The van der Waals surface area contributed by atoms with Crippen LogP contribution >= 0.6 is 23.2 Å². The molecule has 34 heavy (non-hydrogen) atoms. The van der Waals surface area contributed by atoms with Crippen molar-refractivity contribution in [3.05, 3.63) is 62.1 Å². The molecule has 0 aliphatic rings. The van der Waals surface area contributed by atoms with Gasteiger partial charge in [-0.1, -0.05) is 43.1 Å². The van der Waals surface area contributed by atoms with Gasteiger partial charge >= 0.3 is 5.69 Å². The van der Waals surface area contributed by atoms with Crippen LogP contribution in [0.3, 0.4) is 0 Å². The second-order valence-corrected chi connectivity index (χ2v) is 8.18. The highest BCUT2D eigenvalue weighted by Gasteiger charge is 2.29. The summed E-state index contributed by atoms with van der Waals surface area (Å²) in [7, 11) is 1.30. The highest BCUT2D eigenvalue weighted by Crippen LogP contribution is 2.31. The van der Waals surface area contributed by atoms with Gasteiger partial charge in [0.25, 0.3) is 5.91 Å². The quantitative estimate of drug-likeness (QED) is 0.328. The average Bonchev–Trinajstić information content (AvgIpc) is 2.82. The lowest BCUT2D eigenvalue weighted by Crippen LogP contribution is -2.50. The third-order valence-electron chi connectivity index (χ3n) is 4.98. The molecule has 2 aromatic rings. The second kappa shape index (κ2) is 13.0. The molecule has 0 aliphatic carbocycles. The number of rotatable bonds is 12. The number of hydrogen-bond acceptors (Lipinski definition) is 6. The van der Waals surface area contributed by atoms with E-state index >= 15 is 0 Å². The van der Waals surface area contributed by atoms with Crippen LogP contribution in [0.2, 0.25) is 10.0 Å². The van der Waals surface area contributed by atoms with Crippen LogP contribution in [0.15, 0.2) is 36.4 Å². The van der Waals surface area contributed by atoms with E-state index in [-0.39, 0.29) is 36.2 Å². The number of carbonyl (C=O) groups excluding carboxylic acids is 2. The number of halogens is 2. The minimum atomic E-state index is -0.733. The molecule has 1 N–H and O–H groups in total. The van der Waals surface area contributed by atoms with Crippen LogP contribution in [0.4, 0.5) is 5.69 Å². The van der Waals surface area contributed by atoms with Crippen molar-refractivity contribution >= 4 is 40.7 Å². The normalized spacial score (nSPS) is 11.4. The Morgan fingerprint density at radius 1 is 1.15 bits per heavy atom. The highest BCUT2D eigenvalue weighted by atomic mass is 35.5. The van der Waals surface area contributed by atoms with Gasteiger partial charge in [-0.05, 0) is 36.6 Å². The van der Waals surface area contributed by atoms with Gasteiger partial charge in [-0.3, -0.25) is 19.7 Å². The lowest BCUT2D eigenvalue weighted by Gasteiger charge is -2.30. The van der Waals surface area contributed by atoms with Gasteiger partial charge in [0.05, 0.1) is 22.1 Å². The van der Waals surface area contributed by atoms with Crippen molar-refractivity contribution < 1.29 is 24.0 Å². The first kappa shape index (κ1) is 27.2. The molecular formula is C23H27Cl2N3O6. The lowest BCUT2D eigenvalue weighted by atomic mass is 10.1. The average molecular weight is 512 g/mol. The van der Waals surface area contributed by atoms with Gasteiger partial charge in [0.1, 0.15) is 11.8 Å². The van der Waals surface area contributed by atoms with Crippen molar-refractivity contribution in [1.82, 2.24) is 10.2 Å². The molecule has 2 amide bonds. The summed E-state index contributed by atoms with van der Waals surface area (Å²) in [5, 5.41) is 14.6. The standard InChI is InChI=1S/C23H27Cl2N3O6/c1-4-10-26-23(30)19(5-2)27(13-15-6-8-17(24)18(25)11-15)22(29)14-34-16-7-9-20(28(31)32)21(12-16)33-3/h6-9,11-12,19H,4-5,10,13-14H2,1-3H3,(H,26,30)/t19-/m1/s1. The van der Waals surface area contributed by atoms with E-state index in [1.165, 1.54) is 30.2 Å². The van der Waals surface area contributed by atoms with Crippen molar-refractivity contribution in [2.75, 3.05) is 20.3 Å². The number of nitro benzene ring substituents is 1. The summed E-state index contributed by atoms with van der Waals surface area (Å²) < 4.78 is 10.6. The molecule has 0 saturated heterocycles. The Morgan fingerprint density at radius 3 is 2.47 bits per heavy atom. The summed E-state index contributed by atoms with van der Waals surface area (Å²) in [6, 6.07) is 8.21. The van der Waals surface area contributed by atoms with E-state index in [1.54, 1.807) is 18.2 Å². The summed E-state index contributed by atoms with van der Waals surface area (Å²) in [4.78, 5) is 37.9. The van der Waals surface area contributed by atoms with Gasteiger partial charge in [-0.25, -0.2) is 0 Å². The minimum Gasteiger partial charge on any atom is -0.490 e. The first-order valence-corrected chi connectivity index (χ1v) is 11.4. The minimum absolute atomic E-state index is 0.00740. The van der Waals surface area contributed by atoms with E-state index < -0.39 is 16.9 Å². The third kappa shape index (κ3) is 7.23. The first-order chi connectivity index (χ1) is 16.2. The molecule has 184 valence electrons. The molecule has 0 heterocycles. The van der Waals surface area contributed by atoms with Gasteiger partial charge < -0.3 is 19.7 Å². The largest absolute Gasteiger partial charge is 0.490 e. The Kier molecular flexibility index (Phi) is 10.4. The summed E-state index contributed by atoms with van der Waals surface area (Å²) >= 11 is 12.1. The number of benzene rings is 2. The molecule has 11 heteroatoms. The summed E-state index contributed by atoms with van der Waals surface area (Å²) in [6.07, 6.45) is 1.14. The van der Waals surface area contributed by atoms with Gasteiger partial charge in [0, 0.05) is 25.2 Å². The molecular weight excluding hydrogens is 485 g/mol. The monoisotopic (exact) mass is 511 g/mol. The fourth-order valence-electron chi connectivity index (χ4n) is 3.25. The summed E-state index contributed by atoms with van der Waals surface area (Å²) in [5.41, 5.74) is 0.475. The zero-order valence-corrected chi connectivity index (χ0v) is 20.7. The van der Waals surface area contributed by atoms with Crippen LogP contribution in [-0.2, 0) is 16.1 Å². The number of nitro groups is 1. The molecule has 0 saturated carbocycles. The summed E-state index contributed by atoms with van der Waals surface area (Å²) in [6.45, 7) is 3.96. The van der Waals surface area contributed by atoms with Crippen molar-refractivity contribution in [3.8, 4) is 11.5 Å². The number of nitrogens with one attached hydrogen (secondary N) is 1. The fraction of sp³-hybridized carbons (Fsp3) is 0.391. The second-order valence-electron chi connectivity index (χ2n) is 7.36. The van der Waals surface area contributed by atoms with Crippen LogP contribution in [0.25, 0.3) is 0 Å². The van der Waals surface area contributed by atoms with E-state index in [1.807, 2.05) is 13.8 Å². The zero-order valence-electron chi connectivity index (χ0n) is 19.2. The maximum atomic E-state index is 13.2. The first-order valence-electron chi connectivity index (χ1n) is 10.7. The molecule has 0 radical (unpaired) electrons. The molecule has 0 unspecified atom stereocenters. The molecule has 1 atom stereocenters. The Balaban J connectivity index is 2.26. The number of carbonyl (C=O) groups is 2. The molecule has 0 aliphatic heterocycles. The number of methoxy groups -OCH3 is 1. The Labute approximate surface area is 208 Å². The van der Waals surface area contributed by atoms with Crippen LogP contribution in [0, 0.1) is 10.1 Å². The van der Waals surface area contributed by atoms with E-state index in [0.29, 0.717) is 28.6 Å². The van der Waals surface area contributed by atoms with Gasteiger partial charge in [-0.15, -0.1) is 0 Å². The topological polar surface area (TPSA) is 111 Å². The lowest BCUT2D eigenvalue weighted by molar-refractivity contribution is -0.385. The Morgan fingerprint density at radius 2 is 1.88 bits per heavy atom. The fourth-order valence-corrected chi connectivity index (χ4v) is 3.57. The van der Waals surface area contributed by atoms with Crippen LogP contribution in [0.1, 0.15) is 32.3 Å². The predicted molar refractivity (Wildman–Crippen MR) is 130 cm³/mol. The third-order valence-corrected chi connectivity index (χ3v) is 5.72. The Bertz CT molecular complexity index is 1030. The SMILES string of the molecule is CCCNC(=O)[C@@H](CC)N(Cc1ccc(Cl)c(Cl)c1)C(=O)COc1ccc([N+](=O)[O-])c(OC)c1. The smallest absolute Gasteiger partial charge is 0.311 e. The molecule has 0 spiro atoms. The Hall–Kier alpha value is -3.04. The molecule has 9 nitrogen and oxygen atoms in total. The van der Waals surface area contributed by atoms with E-state index in [2.05, 4.69) is 5.32 Å². The number of ether oxygens (including phenoxy) is 2. The van der Waals surface area contributed by atoms with Crippen LogP contribution in [-0.4, -0.2) is 47.9 Å². The van der Waals surface area contributed by atoms with E-state index in [0.717, 1.165) is 6.42 Å². The van der Waals surface area contributed by atoms with Gasteiger partial charge in [-0.2, -0.15) is 0 Å². The maximum absolute atomic E-state index is 13.2. The van der Waals surface area contributed by atoms with Crippen LogP contribution < -0.4 is 14.8 Å². The summed E-state index contributed by atoms with van der Waals surface area (Å²) in [5.74, 6) is -0.488. The predicted octanol–water partition coefficient (Wildman–Crippen LogP) is 4.62. The molecule has 2 aromatic carbocycles. The van der Waals surface area contributed by atoms with Crippen molar-refractivity contribution in [2.45, 2.75) is 39.3 Å². The highest BCUT2D eigenvalue weighted by molar-refractivity contribution is 6.42.